The van der Waals surface area contributed by atoms with E-state index in [9.17, 15) is 22.4 Å². The Balaban J connectivity index is 2.49. The number of carbonyl (C=O) groups excluding carboxylic acids is 1. The number of rotatable bonds is 4. The number of halogens is 4. The van der Waals surface area contributed by atoms with Crippen LogP contribution in [0.1, 0.15) is 51.1 Å². The van der Waals surface area contributed by atoms with Crippen molar-refractivity contribution in [3.05, 3.63) is 35.1 Å². The Hall–Kier alpha value is -1.61. The van der Waals surface area contributed by atoms with Gasteiger partial charge in [0.05, 0.1) is 30.3 Å². The minimum atomic E-state index is -4.86. The number of alkyl halides is 3. The van der Waals surface area contributed by atoms with Crippen LogP contribution in [-0.2, 0) is 25.0 Å². The van der Waals surface area contributed by atoms with Crippen LogP contribution in [0.25, 0.3) is 0 Å². The molecule has 9 heteroatoms. The van der Waals surface area contributed by atoms with Crippen LogP contribution in [0.5, 0.6) is 0 Å². The fraction of sp³-hybridized carbons (Fsp3) is 0.588. The fourth-order valence-electron chi connectivity index (χ4n) is 2.72. The third-order valence-electron chi connectivity index (χ3n) is 4.95. The Morgan fingerprint density at radius 3 is 2.19 bits per heavy atom. The van der Waals surface area contributed by atoms with Gasteiger partial charge in [0.2, 0.25) is 0 Å². The van der Waals surface area contributed by atoms with Crippen molar-refractivity contribution in [2.75, 3.05) is 7.11 Å². The van der Waals surface area contributed by atoms with Crippen molar-refractivity contribution >= 4 is 13.1 Å². The molecule has 0 aliphatic carbocycles. The Kier molecular flexibility index (Phi) is 5.45. The number of methoxy groups -OCH3 is 1. The second-order valence-corrected chi connectivity index (χ2v) is 7.22. The molecular formula is C17H21BF4O4. The quantitative estimate of drug-likeness (QED) is 0.451. The normalized spacial score (nSPS) is 20.1. The van der Waals surface area contributed by atoms with Gasteiger partial charge in [-0.25, -0.2) is 4.39 Å². The predicted octanol–water partition coefficient (Wildman–Crippen LogP) is 4.12. The van der Waals surface area contributed by atoms with Crippen LogP contribution < -0.4 is 0 Å². The molecule has 26 heavy (non-hydrogen) atoms. The highest BCUT2D eigenvalue weighted by molar-refractivity contribution is 6.48. The van der Waals surface area contributed by atoms with Crippen LogP contribution in [0.3, 0.4) is 0 Å². The first kappa shape index (κ1) is 20.7. The lowest BCUT2D eigenvalue weighted by Gasteiger charge is -2.32. The maximum Gasteiger partial charge on any atom is 0.466 e. The van der Waals surface area contributed by atoms with Gasteiger partial charge in [-0.1, -0.05) is 12.1 Å². The summed E-state index contributed by atoms with van der Waals surface area (Å²) in [7, 11) is 0.0450. The van der Waals surface area contributed by atoms with E-state index in [4.69, 9.17) is 9.31 Å². The molecule has 1 aromatic rings. The molecule has 0 amide bonds. The molecule has 0 bridgehead atoms. The molecule has 0 saturated carbocycles. The minimum Gasteiger partial charge on any atom is -0.469 e. The number of hydrogen-bond donors (Lipinski definition) is 0. The maximum absolute atomic E-state index is 14.6. The average molecular weight is 376 g/mol. The first-order chi connectivity index (χ1) is 11.8. The lowest BCUT2D eigenvalue weighted by atomic mass is 9.65. The number of esters is 1. The molecular weight excluding hydrogens is 355 g/mol. The summed E-state index contributed by atoms with van der Waals surface area (Å²) in [5, 5.41) is 0. The average Bonchev–Trinajstić information content (AvgIpc) is 2.72. The van der Waals surface area contributed by atoms with Crippen LogP contribution in [-0.4, -0.2) is 31.4 Å². The zero-order valence-corrected chi connectivity index (χ0v) is 15.2. The van der Waals surface area contributed by atoms with E-state index in [-0.39, 0.29) is 12.0 Å². The molecule has 0 spiro atoms. The van der Waals surface area contributed by atoms with Crippen molar-refractivity contribution in [3.63, 3.8) is 0 Å². The van der Waals surface area contributed by atoms with Crippen molar-refractivity contribution in [3.8, 4) is 0 Å². The van der Waals surface area contributed by atoms with E-state index in [0.717, 1.165) is 13.2 Å². The molecule has 1 heterocycles. The second kappa shape index (κ2) is 6.85. The molecule has 0 N–H and O–H groups in total. The van der Waals surface area contributed by atoms with E-state index in [2.05, 4.69) is 4.74 Å². The second-order valence-electron chi connectivity index (χ2n) is 7.22. The summed E-state index contributed by atoms with van der Waals surface area (Å²) >= 11 is 0. The van der Waals surface area contributed by atoms with Crippen molar-refractivity contribution in [2.45, 2.75) is 57.3 Å². The molecule has 1 saturated heterocycles. The fourth-order valence-corrected chi connectivity index (χ4v) is 2.72. The molecule has 144 valence electrons. The topological polar surface area (TPSA) is 44.8 Å². The first-order valence-electron chi connectivity index (χ1n) is 8.08. The zero-order chi connectivity index (χ0) is 19.9. The summed E-state index contributed by atoms with van der Waals surface area (Å²) < 4.78 is 70.0. The Labute approximate surface area is 149 Å². The third-order valence-corrected chi connectivity index (χ3v) is 4.95. The molecule has 0 aromatic heterocycles. The molecule has 1 unspecified atom stereocenters. The SMILES string of the molecule is COC(=O)CC(B1OC(C)(C)C(C)(C)O1)c1cccc(C(F)(F)F)c1F. The van der Waals surface area contributed by atoms with Crippen molar-refractivity contribution in [2.24, 2.45) is 0 Å². The van der Waals surface area contributed by atoms with Gasteiger partial charge in [0.15, 0.2) is 0 Å². The van der Waals surface area contributed by atoms with E-state index in [1.165, 1.54) is 6.07 Å². The van der Waals surface area contributed by atoms with Crippen molar-refractivity contribution in [1.82, 2.24) is 0 Å². The molecule has 2 rings (SSSR count). The number of hydrogen-bond acceptors (Lipinski definition) is 4. The van der Waals surface area contributed by atoms with Gasteiger partial charge in [-0.3, -0.25) is 4.79 Å². The molecule has 1 aliphatic heterocycles. The summed E-state index contributed by atoms with van der Waals surface area (Å²) in [4.78, 5) is 11.8. The third kappa shape index (κ3) is 3.88. The number of ether oxygens (including phenoxy) is 1. The van der Waals surface area contributed by atoms with Gasteiger partial charge >= 0.3 is 19.3 Å². The Morgan fingerprint density at radius 1 is 1.19 bits per heavy atom. The minimum absolute atomic E-state index is 0.302. The van der Waals surface area contributed by atoms with Gasteiger partial charge in [0.25, 0.3) is 0 Å². The molecule has 1 fully saturated rings. The van der Waals surface area contributed by atoms with Crippen LogP contribution in [0.15, 0.2) is 18.2 Å². The standard InChI is InChI=1S/C17H21BF4O4/c1-15(2)16(3,4)26-18(25-15)12(9-13(23)24-5)10-7-6-8-11(14(10)19)17(20,21)22/h6-8,12H,9H2,1-5H3. The lowest BCUT2D eigenvalue weighted by Crippen LogP contribution is -2.41. The van der Waals surface area contributed by atoms with E-state index in [1.54, 1.807) is 27.7 Å². The lowest BCUT2D eigenvalue weighted by molar-refractivity contribution is -0.140. The summed E-state index contributed by atoms with van der Waals surface area (Å²) in [5.74, 6) is -3.24. The highest BCUT2D eigenvalue weighted by Crippen LogP contribution is 2.43. The van der Waals surface area contributed by atoms with Gasteiger partial charge in [-0.2, -0.15) is 13.2 Å². The number of carbonyl (C=O) groups is 1. The Bertz CT molecular complexity index is 672. The van der Waals surface area contributed by atoms with Gasteiger partial charge in [-0.05, 0) is 39.3 Å². The largest absolute Gasteiger partial charge is 0.469 e. The Morgan fingerprint density at radius 2 is 1.73 bits per heavy atom. The highest BCUT2D eigenvalue weighted by Gasteiger charge is 2.55. The van der Waals surface area contributed by atoms with Gasteiger partial charge < -0.3 is 14.0 Å². The molecule has 1 atom stereocenters. The predicted molar refractivity (Wildman–Crippen MR) is 86.9 cm³/mol. The summed E-state index contributed by atoms with van der Waals surface area (Å²) in [6.45, 7) is 7.02. The molecule has 1 aromatic carbocycles. The van der Waals surface area contributed by atoms with Crippen LogP contribution in [0, 0.1) is 5.82 Å². The monoisotopic (exact) mass is 376 g/mol. The summed E-state index contributed by atoms with van der Waals surface area (Å²) in [5.41, 5.74) is -3.28. The van der Waals surface area contributed by atoms with Gasteiger partial charge in [0.1, 0.15) is 5.82 Å². The highest BCUT2D eigenvalue weighted by atomic mass is 19.4. The first-order valence-corrected chi connectivity index (χ1v) is 8.08. The maximum atomic E-state index is 14.6. The van der Waals surface area contributed by atoms with Crippen LogP contribution in [0.2, 0.25) is 0 Å². The van der Waals surface area contributed by atoms with E-state index < -0.39 is 47.7 Å². The molecule has 1 aliphatic rings. The van der Waals surface area contributed by atoms with Crippen LogP contribution in [0.4, 0.5) is 17.6 Å². The van der Waals surface area contributed by atoms with Gasteiger partial charge in [-0.15, -0.1) is 0 Å². The smallest absolute Gasteiger partial charge is 0.466 e. The summed E-state index contributed by atoms with van der Waals surface area (Å²) in [6.07, 6.45) is -5.24. The van der Waals surface area contributed by atoms with E-state index in [1.807, 2.05) is 0 Å². The zero-order valence-electron chi connectivity index (χ0n) is 15.2. The van der Waals surface area contributed by atoms with Gasteiger partial charge in [0, 0.05) is 5.82 Å². The van der Waals surface area contributed by atoms with E-state index in [0.29, 0.717) is 6.07 Å². The molecule has 0 radical (unpaired) electrons. The van der Waals surface area contributed by atoms with Crippen molar-refractivity contribution in [1.29, 1.82) is 0 Å². The van der Waals surface area contributed by atoms with Crippen LogP contribution >= 0.6 is 0 Å². The summed E-state index contributed by atoms with van der Waals surface area (Å²) in [6, 6.07) is 2.94. The number of benzene rings is 1. The molecule has 4 nitrogen and oxygen atoms in total. The van der Waals surface area contributed by atoms with Crippen molar-refractivity contribution < 1.29 is 36.4 Å². The van der Waals surface area contributed by atoms with E-state index >= 15 is 0 Å².